The molecule has 3 heterocycles. The number of likely N-dealkylation sites (tertiary alicyclic amines) is 1. The third kappa shape index (κ3) is 3.34. The highest BCUT2D eigenvalue weighted by Gasteiger charge is 2.30. The molecule has 3 rings (SSSR count). The largest absolute Gasteiger partial charge is 0.463 e. The molecule has 1 unspecified atom stereocenters. The van der Waals surface area contributed by atoms with Crippen molar-refractivity contribution >= 4 is 11.9 Å². The number of nitrogen functional groups attached to an aromatic ring is 1. The summed E-state index contributed by atoms with van der Waals surface area (Å²) in [5.74, 6) is 0.881. The topological polar surface area (TPSA) is 80.4 Å². The normalized spacial score (nSPS) is 22.9. The van der Waals surface area contributed by atoms with Gasteiger partial charge in [0.05, 0.1) is 6.61 Å². The summed E-state index contributed by atoms with van der Waals surface area (Å²) in [6.07, 6.45) is 4.73. The van der Waals surface area contributed by atoms with Crippen LogP contribution in [0.5, 0.6) is 6.01 Å². The van der Waals surface area contributed by atoms with Gasteiger partial charge in [-0.3, -0.25) is 4.90 Å². The molecule has 0 spiro atoms. The maximum absolute atomic E-state index is 5.78. The van der Waals surface area contributed by atoms with Gasteiger partial charge in [-0.25, -0.2) is 0 Å². The Hall–Kier alpha value is -1.63. The lowest BCUT2D eigenvalue weighted by Crippen LogP contribution is -2.35. The molecule has 1 aromatic rings. The van der Waals surface area contributed by atoms with Crippen LogP contribution in [0.1, 0.15) is 32.6 Å². The van der Waals surface area contributed by atoms with E-state index in [2.05, 4.69) is 24.8 Å². The average Bonchev–Trinajstić information content (AvgIpc) is 3.14. The third-order valence-corrected chi connectivity index (χ3v) is 4.16. The van der Waals surface area contributed by atoms with Crippen molar-refractivity contribution in [3.05, 3.63) is 0 Å². The van der Waals surface area contributed by atoms with E-state index in [-0.39, 0.29) is 5.95 Å². The first-order valence-corrected chi connectivity index (χ1v) is 7.89. The Balaban J connectivity index is 1.67. The molecule has 2 saturated heterocycles. The smallest absolute Gasteiger partial charge is 0.323 e. The van der Waals surface area contributed by atoms with Crippen LogP contribution in [0.25, 0.3) is 0 Å². The molecule has 2 N–H and O–H groups in total. The second-order valence-electron chi connectivity index (χ2n) is 5.76. The number of anilines is 2. The number of nitrogens with two attached hydrogens (primary N) is 1. The van der Waals surface area contributed by atoms with Gasteiger partial charge in [0.1, 0.15) is 0 Å². The van der Waals surface area contributed by atoms with Crippen LogP contribution in [0, 0.1) is 0 Å². The predicted octanol–water partition coefficient (Wildman–Crippen LogP) is 0.917. The van der Waals surface area contributed by atoms with Gasteiger partial charge in [-0.05, 0) is 38.8 Å². The predicted molar refractivity (Wildman–Crippen MR) is 81.5 cm³/mol. The van der Waals surface area contributed by atoms with E-state index in [9.17, 15) is 0 Å². The van der Waals surface area contributed by atoms with E-state index >= 15 is 0 Å². The summed E-state index contributed by atoms with van der Waals surface area (Å²) in [6, 6.07) is 0.953. The summed E-state index contributed by atoms with van der Waals surface area (Å²) in [6.45, 7) is 7.03. The number of ether oxygens (including phenoxy) is 1. The van der Waals surface area contributed by atoms with E-state index < -0.39 is 0 Å². The number of aromatic nitrogens is 3. The van der Waals surface area contributed by atoms with Gasteiger partial charge in [-0.15, -0.1) is 0 Å². The summed E-state index contributed by atoms with van der Waals surface area (Å²) in [4.78, 5) is 17.5. The zero-order chi connectivity index (χ0) is 14.7. The highest BCUT2D eigenvalue weighted by atomic mass is 16.5. The van der Waals surface area contributed by atoms with Gasteiger partial charge in [-0.1, -0.05) is 6.92 Å². The fraction of sp³-hybridized carbons (Fsp3) is 0.786. The molecule has 0 bridgehead atoms. The van der Waals surface area contributed by atoms with Crippen LogP contribution in [-0.4, -0.2) is 58.7 Å². The molecule has 0 aromatic carbocycles. The molecule has 0 saturated carbocycles. The second kappa shape index (κ2) is 6.43. The fourth-order valence-corrected chi connectivity index (χ4v) is 3.09. The minimum Gasteiger partial charge on any atom is -0.463 e. The van der Waals surface area contributed by atoms with E-state index in [1.807, 2.05) is 6.92 Å². The van der Waals surface area contributed by atoms with E-state index in [4.69, 9.17) is 10.5 Å². The van der Waals surface area contributed by atoms with Crippen LogP contribution < -0.4 is 15.4 Å². The Kier molecular flexibility index (Phi) is 4.38. The van der Waals surface area contributed by atoms with Crippen molar-refractivity contribution in [1.29, 1.82) is 0 Å². The summed E-state index contributed by atoms with van der Waals surface area (Å²) in [5.41, 5.74) is 5.78. The van der Waals surface area contributed by atoms with Crippen molar-refractivity contribution < 1.29 is 4.74 Å². The second-order valence-corrected chi connectivity index (χ2v) is 5.76. The molecule has 7 heteroatoms. The highest BCUT2D eigenvalue weighted by Crippen LogP contribution is 2.24. The van der Waals surface area contributed by atoms with Crippen molar-refractivity contribution in [1.82, 2.24) is 19.9 Å². The van der Waals surface area contributed by atoms with Crippen molar-refractivity contribution in [3.8, 4) is 6.01 Å². The lowest BCUT2D eigenvalue weighted by molar-refractivity contribution is 0.260. The average molecular weight is 292 g/mol. The highest BCUT2D eigenvalue weighted by molar-refractivity contribution is 5.37. The van der Waals surface area contributed by atoms with Gasteiger partial charge < -0.3 is 15.4 Å². The number of nitrogens with zero attached hydrogens (tertiary/aromatic N) is 5. The molecule has 0 radical (unpaired) electrons. The molecule has 0 amide bonds. The van der Waals surface area contributed by atoms with Crippen LogP contribution in [-0.2, 0) is 0 Å². The Morgan fingerprint density at radius 1 is 1.19 bits per heavy atom. The number of rotatable bonds is 5. The van der Waals surface area contributed by atoms with E-state index in [1.165, 1.54) is 25.9 Å². The Morgan fingerprint density at radius 2 is 2.00 bits per heavy atom. The SMILES string of the molecule is CCCOc1nc(N)nc(N2CCC(N3CCCC3)C2)n1. The van der Waals surface area contributed by atoms with Gasteiger partial charge >= 0.3 is 6.01 Å². The molecular weight excluding hydrogens is 268 g/mol. The summed E-state index contributed by atoms with van der Waals surface area (Å²) in [5, 5.41) is 0. The molecule has 1 atom stereocenters. The minimum atomic E-state index is 0.232. The zero-order valence-corrected chi connectivity index (χ0v) is 12.7. The first-order chi connectivity index (χ1) is 10.3. The fourth-order valence-electron chi connectivity index (χ4n) is 3.09. The van der Waals surface area contributed by atoms with Gasteiger partial charge in [0, 0.05) is 19.1 Å². The molecule has 116 valence electrons. The van der Waals surface area contributed by atoms with Crippen LogP contribution in [0.4, 0.5) is 11.9 Å². The molecule has 7 nitrogen and oxygen atoms in total. The Labute approximate surface area is 125 Å². The minimum absolute atomic E-state index is 0.232. The first-order valence-electron chi connectivity index (χ1n) is 7.89. The Bertz CT molecular complexity index is 477. The molecule has 21 heavy (non-hydrogen) atoms. The van der Waals surface area contributed by atoms with Crippen LogP contribution in [0.3, 0.4) is 0 Å². The van der Waals surface area contributed by atoms with Gasteiger partial charge in [0.25, 0.3) is 0 Å². The quantitative estimate of drug-likeness (QED) is 0.864. The summed E-state index contributed by atoms with van der Waals surface area (Å²) in [7, 11) is 0. The van der Waals surface area contributed by atoms with Gasteiger partial charge in [-0.2, -0.15) is 15.0 Å². The molecule has 0 aliphatic carbocycles. The molecule has 2 fully saturated rings. The maximum Gasteiger partial charge on any atom is 0.323 e. The Morgan fingerprint density at radius 3 is 2.76 bits per heavy atom. The van der Waals surface area contributed by atoms with Crippen LogP contribution in [0.2, 0.25) is 0 Å². The van der Waals surface area contributed by atoms with E-state index in [1.54, 1.807) is 0 Å². The zero-order valence-electron chi connectivity index (χ0n) is 12.7. The molecule has 2 aliphatic heterocycles. The van der Waals surface area contributed by atoms with E-state index in [0.717, 1.165) is 25.9 Å². The first kappa shape index (κ1) is 14.3. The molecule has 2 aliphatic rings. The van der Waals surface area contributed by atoms with Gasteiger partial charge in [0.2, 0.25) is 11.9 Å². The van der Waals surface area contributed by atoms with Gasteiger partial charge in [0.15, 0.2) is 0 Å². The van der Waals surface area contributed by atoms with Crippen LogP contribution in [0.15, 0.2) is 0 Å². The number of hydrogen-bond acceptors (Lipinski definition) is 7. The lowest BCUT2D eigenvalue weighted by atomic mass is 10.2. The summed E-state index contributed by atoms with van der Waals surface area (Å²) < 4.78 is 5.48. The van der Waals surface area contributed by atoms with Crippen molar-refractivity contribution in [2.45, 2.75) is 38.6 Å². The molecular formula is C14H24N6O. The van der Waals surface area contributed by atoms with Crippen molar-refractivity contribution in [2.75, 3.05) is 43.4 Å². The van der Waals surface area contributed by atoms with E-state index in [0.29, 0.717) is 24.6 Å². The summed E-state index contributed by atoms with van der Waals surface area (Å²) >= 11 is 0. The maximum atomic E-state index is 5.78. The van der Waals surface area contributed by atoms with Crippen molar-refractivity contribution in [2.24, 2.45) is 0 Å². The number of hydrogen-bond donors (Lipinski definition) is 1. The van der Waals surface area contributed by atoms with Crippen LogP contribution >= 0.6 is 0 Å². The third-order valence-electron chi connectivity index (χ3n) is 4.16. The van der Waals surface area contributed by atoms with Crippen molar-refractivity contribution in [3.63, 3.8) is 0 Å². The lowest BCUT2D eigenvalue weighted by Gasteiger charge is -2.23. The monoisotopic (exact) mass is 292 g/mol. The standard InChI is InChI=1S/C14H24N6O/c1-2-9-21-14-17-12(15)16-13(18-14)20-8-5-11(10-20)19-6-3-4-7-19/h11H,2-10H2,1H3,(H2,15,16,17,18). The molecule has 1 aromatic heterocycles.